The molecule has 1 amide bonds. The van der Waals surface area contributed by atoms with E-state index < -0.39 is 0 Å². The number of halogens is 2. The molecule has 1 unspecified atom stereocenters. The summed E-state index contributed by atoms with van der Waals surface area (Å²) < 4.78 is 1.09. The number of hydrogen-bond donors (Lipinski definition) is 0. The maximum absolute atomic E-state index is 11.7. The van der Waals surface area contributed by atoms with Crippen molar-refractivity contribution < 1.29 is 4.79 Å². The van der Waals surface area contributed by atoms with Crippen molar-refractivity contribution in [3.63, 3.8) is 0 Å². The van der Waals surface area contributed by atoms with E-state index >= 15 is 0 Å². The van der Waals surface area contributed by atoms with Gasteiger partial charge in [-0.2, -0.15) is 0 Å². The van der Waals surface area contributed by atoms with Gasteiger partial charge in [0.2, 0.25) is 5.91 Å². The Labute approximate surface area is 108 Å². The fourth-order valence-electron chi connectivity index (χ4n) is 1.73. The highest BCUT2D eigenvalue weighted by Crippen LogP contribution is 2.29. The van der Waals surface area contributed by atoms with Crippen molar-refractivity contribution in [2.24, 2.45) is 0 Å². The molecule has 1 fully saturated rings. The molecule has 1 atom stereocenters. The second-order valence-corrected chi connectivity index (χ2v) is 5.54. The molecule has 80 valence electrons. The zero-order chi connectivity index (χ0) is 11.0. The van der Waals surface area contributed by atoms with Crippen LogP contribution < -0.4 is 4.90 Å². The first-order valence-electron chi connectivity index (χ1n) is 4.78. The highest BCUT2D eigenvalue weighted by molar-refractivity contribution is 14.1. The van der Waals surface area contributed by atoms with Gasteiger partial charge in [0.15, 0.2) is 0 Å². The van der Waals surface area contributed by atoms with E-state index in [1.807, 2.05) is 25.1 Å². The van der Waals surface area contributed by atoms with Crippen molar-refractivity contribution in [2.75, 3.05) is 11.4 Å². The van der Waals surface area contributed by atoms with Gasteiger partial charge in [-0.05, 0) is 47.2 Å². The SMILES string of the molecule is Cc1ccc(I)c(N2CC(Cl)CC2=O)c1. The molecule has 1 aliphatic rings. The molecule has 4 heteroatoms. The van der Waals surface area contributed by atoms with Gasteiger partial charge in [-0.1, -0.05) is 6.07 Å². The molecule has 1 aromatic rings. The van der Waals surface area contributed by atoms with Crippen LogP contribution in [0.15, 0.2) is 18.2 Å². The Hall–Kier alpha value is -0.290. The summed E-state index contributed by atoms with van der Waals surface area (Å²) in [4.78, 5) is 13.5. The fourth-order valence-corrected chi connectivity index (χ4v) is 2.62. The number of benzene rings is 1. The van der Waals surface area contributed by atoms with E-state index in [4.69, 9.17) is 11.6 Å². The zero-order valence-electron chi connectivity index (χ0n) is 8.34. The van der Waals surface area contributed by atoms with Crippen LogP contribution in [-0.2, 0) is 4.79 Å². The number of nitrogens with zero attached hydrogens (tertiary/aromatic N) is 1. The highest BCUT2D eigenvalue weighted by Gasteiger charge is 2.30. The molecule has 1 aliphatic heterocycles. The van der Waals surface area contributed by atoms with E-state index in [9.17, 15) is 4.79 Å². The molecule has 1 heterocycles. The number of aryl methyl sites for hydroxylation is 1. The summed E-state index contributed by atoms with van der Waals surface area (Å²) in [5, 5.41) is -0.0474. The van der Waals surface area contributed by atoms with E-state index in [0.29, 0.717) is 13.0 Å². The monoisotopic (exact) mass is 335 g/mol. The number of hydrogen-bond acceptors (Lipinski definition) is 1. The third-order valence-corrected chi connectivity index (χ3v) is 3.67. The predicted octanol–water partition coefficient (Wildman–Crippen LogP) is 2.94. The second kappa shape index (κ2) is 4.29. The Balaban J connectivity index is 2.37. The minimum Gasteiger partial charge on any atom is -0.310 e. The first-order chi connectivity index (χ1) is 7.08. The molecule has 1 saturated heterocycles. The van der Waals surface area contributed by atoms with Gasteiger partial charge in [0.05, 0.1) is 11.1 Å². The maximum Gasteiger partial charge on any atom is 0.228 e. The minimum absolute atomic E-state index is 0.0474. The van der Waals surface area contributed by atoms with Crippen LogP contribution in [0.2, 0.25) is 0 Å². The Morgan fingerprint density at radius 3 is 2.87 bits per heavy atom. The smallest absolute Gasteiger partial charge is 0.228 e. The number of rotatable bonds is 1. The van der Waals surface area contributed by atoms with E-state index in [1.165, 1.54) is 0 Å². The molecule has 0 aliphatic carbocycles. The van der Waals surface area contributed by atoms with Gasteiger partial charge < -0.3 is 4.90 Å². The number of alkyl halides is 1. The summed E-state index contributed by atoms with van der Waals surface area (Å²) in [6, 6.07) is 6.11. The molecule has 0 bridgehead atoms. The fraction of sp³-hybridized carbons (Fsp3) is 0.364. The van der Waals surface area contributed by atoms with Crippen LogP contribution in [0.25, 0.3) is 0 Å². The molecule has 0 aromatic heterocycles. The van der Waals surface area contributed by atoms with Crippen LogP contribution in [0.1, 0.15) is 12.0 Å². The summed E-state index contributed by atoms with van der Waals surface area (Å²) in [6.45, 7) is 2.65. The van der Waals surface area contributed by atoms with Gasteiger partial charge >= 0.3 is 0 Å². The summed E-state index contributed by atoms with van der Waals surface area (Å²) in [5.74, 6) is 0.124. The lowest BCUT2D eigenvalue weighted by atomic mass is 10.2. The lowest BCUT2D eigenvalue weighted by Gasteiger charge is -2.18. The normalized spacial score (nSPS) is 21.1. The molecule has 2 nitrogen and oxygen atoms in total. The van der Waals surface area contributed by atoms with Gasteiger partial charge in [0.1, 0.15) is 0 Å². The quantitative estimate of drug-likeness (QED) is 0.571. The van der Waals surface area contributed by atoms with Crippen molar-refractivity contribution in [2.45, 2.75) is 18.7 Å². The van der Waals surface area contributed by atoms with Crippen LogP contribution in [-0.4, -0.2) is 17.8 Å². The van der Waals surface area contributed by atoms with Gasteiger partial charge in [-0.3, -0.25) is 4.79 Å². The van der Waals surface area contributed by atoms with Crippen LogP contribution in [0.3, 0.4) is 0 Å². The molecule has 0 radical (unpaired) electrons. The van der Waals surface area contributed by atoms with Gasteiger partial charge in [0, 0.05) is 16.5 Å². The molecular formula is C11H11ClINO. The minimum atomic E-state index is -0.0474. The molecule has 1 aromatic carbocycles. The maximum atomic E-state index is 11.7. The number of anilines is 1. The average Bonchev–Trinajstić information content (AvgIpc) is 2.50. The summed E-state index contributed by atoms with van der Waals surface area (Å²) in [7, 11) is 0. The van der Waals surface area contributed by atoms with E-state index in [0.717, 1.165) is 14.8 Å². The van der Waals surface area contributed by atoms with E-state index in [-0.39, 0.29) is 11.3 Å². The van der Waals surface area contributed by atoms with Crippen molar-refractivity contribution in [1.29, 1.82) is 0 Å². The topological polar surface area (TPSA) is 20.3 Å². The van der Waals surface area contributed by atoms with Crippen molar-refractivity contribution in [3.8, 4) is 0 Å². The molecular weight excluding hydrogens is 324 g/mol. The summed E-state index contributed by atoms with van der Waals surface area (Å²) in [6.07, 6.45) is 0.450. The highest BCUT2D eigenvalue weighted by atomic mass is 127. The Morgan fingerprint density at radius 2 is 2.27 bits per heavy atom. The Kier molecular flexibility index (Phi) is 3.21. The van der Waals surface area contributed by atoms with E-state index in [2.05, 4.69) is 22.6 Å². The summed E-state index contributed by atoms with van der Waals surface area (Å²) >= 11 is 8.23. The molecule has 0 N–H and O–H groups in total. The predicted molar refractivity (Wildman–Crippen MR) is 70.5 cm³/mol. The molecule has 0 spiro atoms. The Bertz CT molecular complexity index is 408. The van der Waals surface area contributed by atoms with Crippen LogP contribution in [0.5, 0.6) is 0 Å². The summed E-state index contributed by atoms with van der Waals surface area (Å²) in [5.41, 5.74) is 2.15. The van der Waals surface area contributed by atoms with Crippen LogP contribution >= 0.6 is 34.2 Å². The van der Waals surface area contributed by atoms with Crippen LogP contribution in [0.4, 0.5) is 5.69 Å². The first kappa shape index (κ1) is 11.2. The van der Waals surface area contributed by atoms with Crippen molar-refractivity contribution in [3.05, 3.63) is 27.3 Å². The number of carbonyl (C=O) groups excluding carboxylic acids is 1. The number of amides is 1. The Morgan fingerprint density at radius 1 is 1.53 bits per heavy atom. The molecule has 2 rings (SSSR count). The first-order valence-corrected chi connectivity index (χ1v) is 6.30. The van der Waals surface area contributed by atoms with Gasteiger partial charge in [0.25, 0.3) is 0 Å². The van der Waals surface area contributed by atoms with Crippen LogP contribution in [0, 0.1) is 10.5 Å². The third kappa shape index (κ3) is 2.28. The van der Waals surface area contributed by atoms with Gasteiger partial charge in [-0.25, -0.2) is 0 Å². The zero-order valence-corrected chi connectivity index (χ0v) is 11.2. The van der Waals surface area contributed by atoms with Crippen molar-refractivity contribution in [1.82, 2.24) is 0 Å². The largest absolute Gasteiger partial charge is 0.310 e. The molecule has 0 saturated carbocycles. The standard InChI is InChI=1S/C11H11ClINO/c1-7-2-3-9(13)10(4-7)14-6-8(12)5-11(14)15/h2-4,8H,5-6H2,1H3. The molecule has 15 heavy (non-hydrogen) atoms. The number of carbonyl (C=O) groups is 1. The lowest BCUT2D eigenvalue weighted by molar-refractivity contribution is -0.117. The third-order valence-electron chi connectivity index (χ3n) is 2.47. The average molecular weight is 336 g/mol. The second-order valence-electron chi connectivity index (χ2n) is 3.76. The lowest BCUT2D eigenvalue weighted by Crippen LogP contribution is -2.25. The van der Waals surface area contributed by atoms with Crippen molar-refractivity contribution >= 4 is 45.8 Å². The van der Waals surface area contributed by atoms with Gasteiger partial charge in [-0.15, -0.1) is 11.6 Å². The van der Waals surface area contributed by atoms with E-state index in [1.54, 1.807) is 4.90 Å².